The molecule has 0 saturated carbocycles. The number of rotatable bonds is 9. The highest BCUT2D eigenvalue weighted by atomic mass is 127. The van der Waals surface area contributed by atoms with Gasteiger partial charge in [-0.3, -0.25) is 0 Å². The van der Waals surface area contributed by atoms with Gasteiger partial charge in [-0.25, -0.2) is 4.99 Å². The summed E-state index contributed by atoms with van der Waals surface area (Å²) < 4.78 is 5.26. The summed E-state index contributed by atoms with van der Waals surface area (Å²) in [6.45, 7) is 6.26. The maximum absolute atomic E-state index is 5.26. The molecule has 0 aliphatic heterocycles. The lowest BCUT2D eigenvalue weighted by Crippen LogP contribution is -2.40. The highest BCUT2D eigenvalue weighted by Gasteiger charge is 2.02. The molecule has 6 heteroatoms. The Morgan fingerprint density at radius 1 is 1.04 bits per heavy atom. The van der Waals surface area contributed by atoms with E-state index in [1.54, 1.807) is 7.11 Å². The smallest absolute Gasteiger partial charge is 0.191 e. The lowest BCUT2D eigenvalue weighted by atomic mass is 10.2. The van der Waals surface area contributed by atoms with E-state index >= 15 is 0 Å². The number of methoxy groups -OCH3 is 1. The summed E-state index contributed by atoms with van der Waals surface area (Å²) in [6.07, 6.45) is 0. The fraction of sp³-hybridized carbons (Fsp3) is 0.381. The van der Waals surface area contributed by atoms with Crippen molar-refractivity contribution in [3.05, 3.63) is 65.7 Å². The van der Waals surface area contributed by atoms with Crippen LogP contribution in [0, 0.1) is 0 Å². The second kappa shape index (κ2) is 13.4. The first-order valence-corrected chi connectivity index (χ1v) is 9.09. The van der Waals surface area contributed by atoms with Crippen LogP contribution >= 0.6 is 24.0 Å². The van der Waals surface area contributed by atoms with Crippen LogP contribution in [0.15, 0.2) is 59.6 Å². The van der Waals surface area contributed by atoms with Gasteiger partial charge in [-0.05, 0) is 37.2 Å². The molecule has 0 aromatic heterocycles. The van der Waals surface area contributed by atoms with E-state index in [0.717, 1.165) is 43.5 Å². The minimum absolute atomic E-state index is 0. The fourth-order valence-corrected chi connectivity index (χ4v) is 2.62. The maximum Gasteiger partial charge on any atom is 0.191 e. The Kier molecular flexibility index (Phi) is 11.5. The van der Waals surface area contributed by atoms with Crippen molar-refractivity contribution in [2.75, 3.05) is 33.8 Å². The van der Waals surface area contributed by atoms with Crippen LogP contribution in [0.3, 0.4) is 0 Å². The third-order valence-electron chi connectivity index (χ3n) is 3.98. The van der Waals surface area contributed by atoms with E-state index in [2.05, 4.69) is 64.8 Å². The highest BCUT2D eigenvalue weighted by molar-refractivity contribution is 14.0. The summed E-state index contributed by atoms with van der Waals surface area (Å²) in [4.78, 5) is 6.96. The van der Waals surface area contributed by atoms with E-state index in [0.29, 0.717) is 6.54 Å². The topological polar surface area (TPSA) is 48.9 Å². The molecular weight excluding hydrogens is 451 g/mol. The van der Waals surface area contributed by atoms with E-state index in [1.165, 1.54) is 5.56 Å². The molecule has 0 heterocycles. The van der Waals surface area contributed by atoms with Crippen molar-refractivity contribution >= 4 is 29.9 Å². The van der Waals surface area contributed by atoms with Gasteiger partial charge >= 0.3 is 0 Å². The number of nitrogens with zero attached hydrogens (tertiary/aromatic N) is 2. The van der Waals surface area contributed by atoms with Gasteiger partial charge in [0.25, 0.3) is 0 Å². The molecule has 0 amide bonds. The van der Waals surface area contributed by atoms with Gasteiger partial charge < -0.3 is 20.3 Å². The molecule has 2 N–H and O–H groups in total. The molecule has 0 saturated heterocycles. The Labute approximate surface area is 180 Å². The zero-order valence-electron chi connectivity index (χ0n) is 16.4. The SMILES string of the molecule is CCNC(=NCc1cccc(OC)c1)NCCN(C)Cc1ccccc1.I. The average Bonchev–Trinajstić information content (AvgIpc) is 2.67. The number of guanidine groups is 1. The Balaban J connectivity index is 0.00000364. The minimum atomic E-state index is 0. The molecule has 5 nitrogen and oxygen atoms in total. The van der Waals surface area contributed by atoms with Crippen molar-refractivity contribution in [2.45, 2.75) is 20.0 Å². The summed E-state index contributed by atoms with van der Waals surface area (Å²) in [6, 6.07) is 18.5. The number of likely N-dealkylation sites (N-methyl/N-ethyl adjacent to an activating group) is 1. The molecule has 0 unspecified atom stereocenters. The van der Waals surface area contributed by atoms with Gasteiger partial charge in [0.2, 0.25) is 0 Å². The number of halogens is 1. The zero-order valence-corrected chi connectivity index (χ0v) is 18.8. The van der Waals surface area contributed by atoms with Gasteiger partial charge in [0.05, 0.1) is 13.7 Å². The first-order chi connectivity index (χ1) is 12.7. The first-order valence-electron chi connectivity index (χ1n) is 9.09. The van der Waals surface area contributed by atoms with E-state index in [9.17, 15) is 0 Å². The molecule has 2 rings (SSSR count). The highest BCUT2D eigenvalue weighted by Crippen LogP contribution is 2.13. The summed E-state index contributed by atoms with van der Waals surface area (Å²) in [7, 11) is 3.81. The summed E-state index contributed by atoms with van der Waals surface area (Å²) in [5.74, 6) is 1.70. The van der Waals surface area contributed by atoms with Crippen LogP contribution in [0.5, 0.6) is 5.75 Å². The molecule has 148 valence electrons. The van der Waals surface area contributed by atoms with Crippen LogP contribution in [0.4, 0.5) is 0 Å². The summed E-state index contributed by atoms with van der Waals surface area (Å²) >= 11 is 0. The minimum Gasteiger partial charge on any atom is -0.497 e. The average molecular weight is 482 g/mol. The second-order valence-corrected chi connectivity index (χ2v) is 6.20. The van der Waals surface area contributed by atoms with E-state index < -0.39 is 0 Å². The first kappa shape index (κ1) is 23.2. The third kappa shape index (κ3) is 9.10. The Morgan fingerprint density at radius 3 is 2.48 bits per heavy atom. The van der Waals surface area contributed by atoms with Gasteiger partial charge in [0, 0.05) is 26.2 Å². The van der Waals surface area contributed by atoms with Crippen LogP contribution < -0.4 is 15.4 Å². The predicted octanol–water partition coefficient (Wildman–Crippen LogP) is 3.50. The molecule has 0 bridgehead atoms. The van der Waals surface area contributed by atoms with Gasteiger partial charge in [0.15, 0.2) is 5.96 Å². The standard InChI is InChI=1S/C21H30N4O.HI/c1-4-22-21(24-16-19-11-8-12-20(15-19)26-3)23-13-14-25(2)17-18-9-6-5-7-10-18;/h5-12,15H,4,13-14,16-17H2,1-3H3,(H2,22,23,24);1H. The van der Waals surface area contributed by atoms with Crippen LogP contribution in [0.2, 0.25) is 0 Å². The second-order valence-electron chi connectivity index (χ2n) is 6.20. The largest absolute Gasteiger partial charge is 0.497 e. The van der Waals surface area contributed by atoms with Crippen molar-refractivity contribution in [1.29, 1.82) is 0 Å². The van der Waals surface area contributed by atoms with E-state index in [4.69, 9.17) is 4.74 Å². The Morgan fingerprint density at radius 2 is 1.78 bits per heavy atom. The van der Waals surface area contributed by atoms with Gasteiger partial charge in [0.1, 0.15) is 5.75 Å². The molecule has 0 spiro atoms. The quantitative estimate of drug-likeness (QED) is 0.327. The monoisotopic (exact) mass is 482 g/mol. The van der Waals surface area contributed by atoms with E-state index in [1.807, 2.05) is 24.3 Å². The molecule has 2 aromatic rings. The van der Waals surface area contributed by atoms with Crippen molar-refractivity contribution < 1.29 is 4.74 Å². The lowest BCUT2D eigenvalue weighted by molar-refractivity contribution is 0.331. The van der Waals surface area contributed by atoms with Crippen molar-refractivity contribution in [3.8, 4) is 5.75 Å². The summed E-state index contributed by atoms with van der Waals surface area (Å²) in [5, 5.41) is 6.70. The van der Waals surface area contributed by atoms with Crippen molar-refractivity contribution in [1.82, 2.24) is 15.5 Å². The molecule has 0 aliphatic carbocycles. The fourth-order valence-electron chi connectivity index (χ4n) is 2.62. The maximum atomic E-state index is 5.26. The van der Waals surface area contributed by atoms with Crippen LogP contribution in [-0.2, 0) is 13.1 Å². The molecule has 2 aromatic carbocycles. The number of hydrogen-bond acceptors (Lipinski definition) is 3. The Bertz CT molecular complexity index is 679. The number of ether oxygens (including phenoxy) is 1. The molecule has 0 radical (unpaired) electrons. The van der Waals surface area contributed by atoms with Gasteiger partial charge in [-0.1, -0.05) is 42.5 Å². The molecule has 27 heavy (non-hydrogen) atoms. The van der Waals surface area contributed by atoms with Crippen LogP contribution in [0.25, 0.3) is 0 Å². The zero-order chi connectivity index (χ0) is 18.6. The molecule has 0 fully saturated rings. The number of hydrogen-bond donors (Lipinski definition) is 2. The van der Waals surface area contributed by atoms with Gasteiger partial charge in [-0.15, -0.1) is 24.0 Å². The molecule has 0 aliphatic rings. The molecule has 0 atom stereocenters. The normalized spacial score (nSPS) is 11.0. The third-order valence-corrected chi connectivity index (χ3v) is 3.98. The number of benzene rings is 2. The van der Waals surface area contributed by atoms with Crippen molar-refractivity contribution in [3.63, 3.8) is 0 Å². The van der Waals surface area contributed by atoms with E-state index in [-0.39, 0.29) is 24.0 Å². The summed E-state index contributed by atoms with van der Waals surface area (Å²) in [5.41, 5.74) is 2.45. The number of nitrogens with one attached hydrogen (secondary N) is 2. The lowest BCUT2D eigenvalue weighted by Gasteiger charge is -2.18. The van der Waals surface area contributed by atoms with Crippen LogP contribution in [-0.4, -0.2) is 44.7 Å². The van der Waals surface area contributed by atoms with Crippen LogP contribution in [0.1, 0.15) is 18.1 Å². The Hall–Kier alpha value is -1.80. The van der Waals surface area contributed by atoms with Crippen molar-refractivity contribution in [2.24, 2.45) is 4.99 Å². The number of aliphatic imine (C=N–C) groups is 1. The molecular formula is C21H31IN4O. The van der Waals surface area contributed by atoms with Gasteiger partial charge in [-0.2, -0.15) is 0 Å². The predicted molar refractivity (Wildman–Crippen MR) is 124 cm³/mol.